The summed E-state index contributed by atoms with van der Waals surface area (Å²) in [5, 5.41) is 0. The van der Waals surface area contributed by atoms with Crippen LogP contribution in [0.2, 0.25) is 0 Å². The second kappa shape index (κ2) is 11.0. The first kappa shape index (κ1) is 26.8. The van der Waals surface area contributed by atoms with Gasteiger partial charge in [0.15, 0.2) is 0 Å². The van der Waals surface area contributed by atoms with E-state index in [0.29, 0.717) is 17.2 Å². The number of sulfonamides is 2. The van der Waals surface area contributed by atoms with E-state index in [1.54, 1.807) is 55.6 Å². The molecule has 4 aromatic carbocycles. The molecule has 0 aliphatic rings. The van der Waals surface area contributed by atoms with Crippen molar-refractivity contribution in [3.05, 3.63) is 96.6 Å². The van der Waals surface area contributed by atoms with E-state index < -0.39 is 20.0 Å². The molecule has 11 heteroatoms. The third-order valence-electron chi connectivity index (χ3n) is 5.46. The van der Waals surface area contributed by atoms with Crippen LogP contribution in [0.1, 0.15) is 5.56 Å². The lowest BCUT2D eigenvalue weighted by molar-refractivity contribution is 0.413. The molecule has 0 spiro atoms. The van der Waals surface area contributed by atoms with Crippen LogP contribution in [0.3, 0.4) is 0 Å². The number of hydrogen-bond acceptors (Lipinski definition) is 7. The Morgan fingerprint density at radius 1 is 0.553 bits per heavy atom. The van der Waals surface area contributed by atoms with E-state index in [-0.39, 0.29) is 26.9 Å². The molecule has 0 atom stereocenters. The topological polar surface area (TPSA) is 120 Å². The Morgan fingerprint density at radius 2 is 1.13 bits per heavy atom. The minimum atomic E-state index is -4.09. The second-order valence-corrected chi connectivity index (χ2v) is 11.6. The van der Waals surface area contributed by atoms with Crippen molar-refractivity contribution in [2.45, 2.75) is 16.7 Å². The van der Waals surface area contributed by atoms with Crippen molar-refractivity contribution >= 4 is 31.4 Å². The molecule has 0 radical (unpaired) electrons. The summed E-state index contributed by atoms with van der Waals surface area (Å²) >= 11 is 0. The van der Waals surface area contributed by atoms with Crippen molar-refractivity contribution in [2.24, 2.45) is 0 Å². The van der Waals surface area contributed by atoms with Gasteiger partial charge in [0.05, 0.1) is 35.4 Å². The van der Waals surface area contributed by atoms with E-state index in [2.05, 4.69) is 9.44 Å². The van der Waals surface area contributed by atoms with Crippen molar-refractivity contribution in [3.63, 3.8) is 0 Å². The third kappa shape index (κ3) is 6.36. The molecule has 0 bridgehead atoms. The predicted molar refractivity (Wildman–Crippen MR) is 145 cm³/mol. The number of aryl methyl sites for hydroxylation is 1. The number of rotatable bonds is 10. The zero-order chi connectivity index (χ0) is 27.3. The van der Waals surface area contributed by atoms with Crippen LogP contribution in [0.15, 0.2) is 101 Å². The minimum Gasteiger partial charge on any atom is -0.497 e. The van der Waals surface area contributed by atoms with Gasteiger partial charge in [0.2, 0.25) is 0 Å². The van der Waals surface area contributed by atoms with Crippen LogP contribution >= 0.6 is 0 Å². The fraction of sp³-hybridized carbons (Fsp3) is 0.111. The fourth-order valence-corrected chi connectivity index (χ4v) is 5.62. The molecule has 0 saturated heterocycles. The highest BCUT2D eigenvalue weighted by Gasteiger charge is 2.21. The second-order valence-electron chi connectivity index (χ2n) is 8.19. The molecule has 38 heavy (non-hydrogen) atoms. The van der Waals surface area contributed by atoms with Gasteiger partial charge in [-0.15, -0.1) is 0 Å². The standard InChI is InChI=1S/C27H26N2O7S2/c1-19-7-14-24(15-8-19)37(30,31)29-27-18-23(36-21-11-9-20(34-2)10-12-21)13-16-26(27)28-38(32,33)25-6-4-5-22(17-25)35-3/h4-18,28-29H,1-3H3. The summed E-state index contributed by atoms with van der Waals surface area (Å²) in [6.45, 7) is 1.84. The van der Waals surface area contributed by atoms with Crippen LogP contribution in [0.4, 0.5) is 11.4 Å². The zero-order valence-electron chi connectivity index (χ0n) is 20.8. The predicted octanol–water partition coefficient (Wildman–Crippen LogP) is 5.41. The number of hydrogen-bond donors (Lipinski definition) is 2. The van der Waals surface area contributed by atoms with Crippen molar-refractivity contribution in [1.82, 2.24) is 0 Å². The van der Waals surface area contributed by atoms with Crippen LogP contribution in [-0.2, 0) is 20.0 Å². The summed E-state index contributed by atoms with van der Waals surface area (Å²) in [7, 11) is -5.17. The van der Waals surface area contributed by atoms with Crippen LogP contribution in [0.5, 0.6) is 23.0 Å². The molecule has 0 saturated carbocycles. The summed E-state index contributed by atoms with van der Waals surface area (Å²) in [6, 6.07) is 23.4. The summed E-state index contributed by atoms with van der Waals surface area (Å²) in [6.07, 6.45) is 0. The molecule has 0 amide bonds. The molecule has 0 fully saturated rings. The fourth-order valence-electron chi connectivity index (χ4n) is 3.43. The highest BCUT2D eigenvalue weighted by Crippen LogP contribution is 2.34. The van der Waals surface area contributed by atoms with Gasteiger partial charge in [-0.2, -0.15) is 0 Å². The normalized spacial score (nSPS) is 11.4. The van der Waals surface area contributed by atoms with Crippen LogP contribution in [0, 0.1) is 6.92 Å². The summed E-state index contributed by atoms with van der Waals surface area (Å²) in [5.41, 5.74) is 0.874. The van der Waals surface area contributed by atoms with Crippen LogP contribution in [0.25, 0.3) is 0 Å². The van der Waals surface area contributed by atoms with Gasteiger partial charge in [-0.05, 0) is 67.6 Å². The zero-order valence-corrected chi connectivity index (χ0v) is 22.5. The van der Waals surface area contributed by atoms with Crippen molar-refractivity contribution < 1.29 is 31.0 Å². The van der Waals surface area contributed by atoms with Gasteiger partial charge in [0.1, 0.15) is 23.0 Å². The summed E-state index contributed by atoms with van der Waals surface area (Å²) < 4.78 is 73.7. The third-order valence-corrected chi connectivity index (χ3v) is 8.20. The molecule has 2 N–H and O–H groups in total. The van der Waals surface area contributed by atoms with Gasteiger partial charge >= 0.3 is 0 Å². The van der Waals surface area contributed by atoms with E-state index in [0.717, 1.165) is 5.56 Å². The Balaban J connectivity index is 1.71. The Kier molecular flexibility index (Phi) is 7.79. The number of benzene rings is 4. The lowest BCUT2D eigenvalue weighted by atomic mass is 10.2. The molecule has 4 aromatic rings. The smallest absolute Gasteiger partial charge is 0.262 e. The van der Waals surface area contributed by atoms with E-state index in [4.69, 9.17) is 14.2 Å². The number of methoxy groups -OCH3 is 2. The monoisotopic (exact) mass is 554 g/mol. The first-order chi connectivity index (χ1) is 18.1. The van der Waals surface area contributed by atoms with Crippen molar-refractivity contribution in [3.8, 4) is 23.0 Å². The first-order valence-corrected chi connectivity index (χ1v) is 14.3. The average molecular weight is 555 g/mol. The van der Waals surface area contributed by atoms with Gasteiger partial charge in [-0.1, -0.05) is 23.8 Å². The van der Waals surface area contributed by atoms with E-state index >= 15 is 0 Å². The van der Waals surface area contributed by atoms with E-state index in [9.17, 15) is 16.8 Å². The summed E-state index contributed by atoms with van der Waals surface area (Å²) in [4.78, 5) is -0.0334. The Bertz CT molecular complexity index is 1640. The first-order valence-electron chi connectivity index (χ1n) is 11.3. The van der Waals surface area contributed by atoms with Crippen molar-refractivity contribution in [2.75, 3.05) is 23.7 Å². The Labute approximate surface area is 222 Å². The molecular formula is C27H26N2O7S2. The van der Waals surface area contributed by atoms with E-state index in [1.807, 2.05) is 6.92 Å². The molecule has 0 aromatic heterocycles. The highest BCUT2D eigenvalue weighted by atomic mass is 32.2. The lowest BCUT2D eigenvalue weighted by Crippen LogP contribution is -2.17. The number of anilines is 2. The molecule has 0 heterocycles. The lowest BCUT2D eigenvalue weighted by Gasteiger charge is -2.17. The maximum absolute atomic E-state index is 13.2. The van der Waals surface area contributed by atoms with Gasteiger partial charge in [-0.25, -0.2) is 16.8 Å². The van der Waals surface area contributed by atoms with Crippen LogP contribution in [-0.4, -0.2) is 31.1 Å². The van der Waals surface area contributed by atoms with E-state index in [1.165, 1.54) is 49.6 Å². The van der Waals surface area contributed by atoms with Crippen LogP contribution < -0.4 is 23.7 Å². The summed E-state index contributed by atoms with van der Waals surface area (Å²) in [5.74, 6) is 1.76. The van der Waals surface area contributed by atoms with Gasteiger partial charge < -0.3 is 14.2 Å². The molecule has 0 aliphatic carbocycles. The van der Waals surface area contributed by atoms with Gasteiger partial charge in [0, 0.05) is 12.1 Å². The molecule has 198 valence electrons. The SMILES string of the molecule is COc1ccc(Oc2ccc(NS(=O)(=O)c3cccc(OC)c3)c(NS(=O)(=O)c3ccc(C)cc3)c2)cc1. The highest BCUT2D eigenvalue weighted by molar-refractivity contribution is 7.93. The maximum atomic E-state index is 13.2. The minimum absolute atomic E-state index is 0.00517. The quantitative estimate of drug-likeness (QED) is 0.269. The van der Waals surface area contributed by atoms with Gasteiger partial charge in [-0.3, -0.25) is 9.44 Å². The molecule has 0 unspecified atom stereocenters. The van der Waals surface area contributed by atoms with Gasteiger partial charge in [0.25, 0.3) is 20.0 Å². The Hall–Kier alpha value is -4.22. The largest absolute Gasteiger partial charge is 0.497 e. The molecule has 4 rings (SSSR count). The number of nitrogens with one attached hydrogen (secondary N) is 2. The maximum Gasteiger partial charge on any atom is 0.262 e. The Morgan fingerprint density at radius 3 is 1.79 bits per heavy atom. The average Bonchev–Trinajstić information content (AvgIpc) is 2.90. The number of ether oxygens (including phenoxy) is 3. The molecule has 9 nitrogen and oxygen atoms in total. The van der Waals surface area contributed by atoms with Crippen molar-refractivity contribution in [1.29, 1.82) is 0 Å². The molecular weight excluding hydrogens is 528 g/mol. The molecule has 0 aliphatic heterocycles.